The highest BCUT2D eigenvalue weighted by Crippen LogP contribution is 2.22. The van der Waals surface area contributed by atoms with Crippen molar-refractivity contribution < 1.29 is 4.52 Å². The van der Waals surface area contributed by atoms with Crippen LogP contribution in [0.4, 0.5) is 0 Å². The lowest BCUT2D eigenvalue weighted by Gasteiger charge is -2.18. The lowest BCUT2D eigenvalue weighted by molar-refractivity contribution is 0.383. The summed E-state index contributed by atoms with van der Waals surface area (Å²) in [6.07, 6.45) is 2.56. The third-order valence-corrected chi connectivity index (χ3v) is 2.19. The molecule has 0 aliphatic rings. The van der Waals surface area contributed by atoms with Crippen molar-refractivity contribution in [1.29, 1.82) is 0 Å². The largest absolute Gasteiger partial charge is 0.360 e. The van der Waals surface area contributed by atoms with Crippen LogP contribution in [0.1, 0.15) is 32.8 Å². The second kappa shape index (κ2) is 2.57. The van der Waals surface area contributed by atoms with E-state index >= 15 is 0 Å². The summed E-state index contributed by atoms with van der Waals surface area (Å²) in [6, 6.07) is 0. The predicted octanol–water partition coefficient (Wildman–Crippen LogP) is 1.66. The fourth-order valence-corrected chi connectivity index (χ4v) is 0.918. The Balaban J connectivity index is 3.11. The van der Waals surface area contributed by atoms with Crippen LogP contribution in [0.5, 0.6) is 0 Å². The summed E-state index contributed by atoms with van der Waals surface area (Å²) in [5, 5.41) is 2.45. The van der Waals surface area contributed by atoms with Crippen LogP contribution in [-0.4, -0.2) is 5.16 Å². The minimum absolute atomic E-state index is 0.0828. The summed E-state index contributed by atoms with van der Waals surface area (Å²) < 4.78 is 4.57. The van der Waals surface area contributed by atoms with Crippen molar-refractivity contribution in [2.45, 2.75) is 32.6 Å². The molecule has 0 aliphatic heterocycles. The molecule has 0 amide bonds. The zero-order valence-electron chi connectivity index (χ0n) is 7.10. The topological polar surface area (TPSA) is 46.0 Å². The van der Waals surface area contributed by atoms with E-state index in [2.05, 4.69) is 9.68 Å². The molecule has 0 saturated carbocycles. The summed E-state index contributed by atoms with van der Waals surface area (Å²) in [6.45, 7) is 6.09. The van der Waals surface area contributed by atoms with Crippen molar-refractivity contribution in [3.05, 3.63) is 22.2 Å². The number of aromatic amines is 1. The first kappa shape index (κ1) is 8.11. The number of nitrogens with one attached hydrogen (secondary N) is 1. The smallest absolute Gasteiger partial charge is 0.339 e. The Morgan fingerprint density at radius 3 is 2.64 bits per heavy atom. The van der Waals surface area contributed by atoms with E-state index in [-0.39, 0.29) is 11.0 Å². The van der Waals surface area contributed by atoms with Gasteiger partial charge in [-0.05, 0) is 11.8 Å². The molecule has 0 aliphatic carbocycles. The van der Waals surface area contributed by atoms with Crippen LogP contribution in [-0.2, 0) is 5.41 Å². The van der Waals surface area contributed by atoms with Crippen molar-refractivity contribution in [2.24, 2.45) is 0 Å². The third-order valence-electron chi connectivity index (χ3n) is 2.19. The zero-order valence-corrected chi connectivity index (χ0v) is 7.10. The summed E-state index contributed by atoms with van der Waals surface area (Å²) >= 11 is 0. The van der Waals surface area contributed by atoms with Crippen LogP contribution in [0.15, 0.2) is 15.5 Å². The molecule has 1 aromatic rings. The number of H-pyrrole nitrogens is 1. The Morgan fingerprint density at radius 2 is 2.27 bits per heavy atom. The molecule has 1 heterocycles. The van der Waals surface area contributed by atoms with Crippen LogP contribution in [0.2, 0.25) is 0 Å². The molecule has 11 heavy (non-hydrogen) atoms. The molecule has 0 fully saturated rings. The van der Waals surface area contributed by atoms with Gasteiger partial charge in [-0.2, -0.15) is 0 Å². The molecule has 0 unspecified atom stereocenters. The van der Waals surface area contributed by atoms with Gasteiger partial charge < -0.3 is 4.52 Å². The second-order valence-electron chi connectivity index (χ2n) is 3.30. The zero-order chi connectivity index (χ0) is 8.48. The first-order chi connectivity index (χ1) is 5.08. The van der Waals surface area contributed by atoms with Gasteiger partial charge in [0, 0.05) is 6.20 Å². The summed E-state index contributed by atoms with van der Waals surface area (Å²) in [7, 11) is 0. The Kier molecular flexibility index (Phi) is 1.89. The standard InChI is InChI=1S/C8H13NO2/c1-4-8(2,3)6-5-9-11-7(6)10/h5,9H,4H2,1-3H3. The SMILES string of the molecule is CCC(C)(C)c1c[nH]oc1=O. The lowest BCUT2D eigenvalue weighted by Crippen LogP contribution is -2.21. The van der Waals surface area contributed by atoms with Crippen LogP contribution in [0.3, 0.4) is 0 Å². The van der Waals surface area contributed by atoms with E-state index in [9.17, 15) is 4.79 Å². The van der Waals surface area contributed by atoms with Crippen LogP contribution in [0.25, 0.3) is 0 Å². The van der Waals surface area contributed by atoms with Gasteiger partial charge in [-0.15, -0.1) is 0 Å². The van der Waals surface area contributed by atoms with Crippen LogP contribution >= 0.6 is 0 Å². The van der Waals surface area contributed by atoms with Gasteiger partial charge in [-0.3, -0.25) is 0 Å². The maximum atomic E-state index is 11.0. The average molecular weight is 155 g/mol. The van der Waals surface area contributed by atoms with Gasteiger partial charge in [0.05, 0.1) is 5.56 Å². The van der Waals surface area contributed by atoms with Gasteiger partial charge in [0.1, 0.15) is 0 Å². The molecule has 3 heteroatoms. The molecule has 0 saturated heterocycles. The van der Waals surface area contributed by atoms with E-state index in [0.29, 0.717) is 0 Å². The van der Waals surface area contributed by atoms with E-state index in [1.165, 1.54) is 0 Å². The first-order valence-corrected chi connectivity index (χ1v) is 3.75. The minimum Gasteiger partial charge on any atom is -0.339 e. The quantitative estimate of drug-likeness (QED) is 0.705. The molecule has 1 N–H and O–H groups in total. The molecule has 1 rings (SSSR count). The average Bonchev–Trinajstić information content (AvgIpc) is 2.36. The van der Waals surface area contributed by atoms with Gasteiger partial charge in [-0.1, -0.05) is 20.8 Å². The van der Waals surface area contributed by atoms with E-state index in [1.54, 1.807) is 6.20 Å². The molecule has 0 bridgehead atoms. The van der Waals surface area contributed by atoms with Crippen molar-refractivity contribution in [3.8, 4) is 0 Å². The van der Waals surface area contributed by atoms with Crippen molar-refractivity contribution in [1.82, 2.24) is 5.16 Å². The van der Waals surface area contributed by atoms with E-state index < -0.39 is 0 Å². The highest BCUT2D eigenvalue weighted by molar-refractivity contribution is 5.14. The van der Waals surface area contributed by atoms with Crippen molar-refractivity contribution in [3.63, 3.8) is 0 Å². The highest BCUT2D eigenvalue weighted by atomic mass is 16.5. The molecular formula is C8H13NO2. The van der Waals surface area contributed by atoms with E-state index in [4.69, 9.17) is 0 Å². The van der Waals surface area contributed by atoms with Gasteiger partial charge in [-0.25, -0.2) is 9.95 Å². The Bertz CT molecular complexity index is 282. The number of rotatable bonds is 2. The van der Waals surface area contributed by atoms with Gasteiger partial charge >= 0.3 is 5.63 Å². The Labute approximate surface area is 65.4 Å². The van der Waals surface area contributed by atoms with Crippen molar-refractivity contribution in [2.75, 3.05) is 0 Å². The highest BCUT2D eigenvalue weighted by Gasteiger charge is 2.22. The molecule has 0 spiro atoms. The van der Waals surface area contributed by atoms with Gasteiger partial charge in [0.25, 0.3) is 0 Å². The molecule has 0 aromatic carbocycles. The predicted molar refractivity (Wildman–Crippen MR) is 42.6 cm³/mol. The van der Waals surface area contributed by atoms with Crippen LogP contribution in [0, 0.1) is 0 Å². The summed E-state index contributed by atoms with van der Waals surface area (Å²) in [5.74, 6) is 0. The summed E-state index contributed by atoms with van der Waals surface area (Å²) in [5.41, 5.74) is 0.387. The van der Waals surface area contributed by atoms with Gasteiger partial charge in [0.15, 0.2) is 0 Å². The molecule has 0 atom stereocenters. The lowest BCUT2D eigenvalue weighted by atomic mass is 9.84. The van der Waals surface area contributed by atoms with Gasteiger partial charge in [0.2, 0.25) is 0 Å². The molecule has 62 valence electrons. The fourth-order valence-electron chi connectivity index (χ4n) is 0.918. The maximum Gasteiger partial charge on any atom is 0.360 e. The fraction of sp³-hybridized carbons (Fsp3) is 0.625. The second-order valence-corrected chi connectivity index (χ2v) is 3.30. The minimum atomic E-state index is -0.253. The monoisotopic (exact) mass is 155 g/mol. The Hall–Kier alpha value is -0.990. The molecule has 1 aromatic heterocycles. The van der Waals surface area contributed by atoms with Crippen LogP contribution < -0.4 is 5.63 Å². The van der Waals surface area contributed by atoms with E-state index in [0.717, 1.165) is 12.0 Å². The third kappa shape index (κ3) is 1.37. The van der Waals surface area contributed by atoms with E-state index in [1.807, 2.05) is 20.8 Å². The molecular weight excluding hydrogens is 142 g/mol. The van der Waals surface area contributed by atoms with Crippen molar-refractivity contribution >= 4 is 0 Å². The number of aromatic nitrogens is 1. The normalized spacial score (nSPS) is 11.9. The summed E-state index contributed by atoms with van der Waals surface area (Å²) in [4.78, 5) is 11.0. The number of hydrogen-bond donors (Lipinski definition) is 1. The molecule has 3 nitrogen and oxygen atoms in total. The Morgan fingerprint density at radius 1 is 1.64 bits per heavy atom. The first-order valence-electron chi connectivity index (χ1n) is 3.75. The maximum absolute atomic E-state index is 11.0. The number of hydrogen-bond acceptors (Lipinski definition) is 2. The molecule has 0 radical (unpaired) electrons.